The minimum atomic E-state index is -0.596. The Bertz CT molecular complexity index is 711. The summed E-state index contributed by atoms with van der Waals surface area (Å²) in [6, 6.07) is 1.81. The molecular weight excluding hydrogens is 282 g/mol. The molecule has 0 saturated heterocycles. The summed E-state index contributed by atoms with van der Waals surface area (Å²) in [7, 11) is 0. The molecule has 20 heavy (non-hydrogen) atoms. The van der Waals surface area contributed by atoms with Crippen molar-refractivity contribution in [2.75, 3.05) is 0 Å². The zero-order valence-corrected chi connectivity index (χ0v) is 12.0. The van der Waals surface area contributed by atoms with E-state index in [1.165, 1.54) is 10.9 Å². The topological polar surface area (TPSA) is 93.7 Å². The van der Waals surface area contributed by atoms with Crippen LogP contribution in [0.4, 0.5) is 0 Å². The van der Waals surface area contributed by atoms with Gasteiger partial charge in [0.25, 0.3) is 0 Å². The third-order valence-electron chi connectivity index (χ3n) is 2.47. The standard InChI is InChI=1S/C12H12ClN5O2/c1-12(2,3)11(19)20-6-18-5-15-8-9(13)16-7(4-14)17-10(8)18/h5H,6H2,1-3H3. The number of aromatic nitrogens is 4. The second-order valence-electron chi connectivity index (χ2n) is 5.15. The summed E-state index contributed by atoms with van der Waals surface area (Å²) in [5.74, 6) is -0.411. The van der Waals surface area contributed by atoms with Gasteiger partial charge in [-0.25, -0.2) is 9.97 Å². The van der Waals surface area contributed by atoms with Crippen LogP contribution in [0.15, 0.2) is 6.33 Å². The van der Waals surface area contributed by atoms with Crippen molar-refractivity contribution in [2.24, 2.45) is 5.41 Å². The van der Waals surface area contributed by atoms with Crippen molar-refractivity contribution in [3.8, 4) is 6.07 Å². The van der Waals surface area contributed by atoms with E-state index in [4.69, 9.17) is 21.6 Å². The van der Waals surface area contributed by atoms with Crippen molar-refractivity contribution in [3.63, 3.8) is 0 Å². The van der Waals surface area contributed by atoms with Gasteiger partial charge in [-0.1, -0.05) is 11.6 Å². The zero-order valence-electron chi connectivity index (χ0n) is 11.2. The highest BCUT2D eigenvalue weighted by Gasteiger charge is 2.23. The highest BCUT2D eigenvalue weighted by Crippen LogP contribution is 2.20. The first-order valence-electron chi connectivity index (χ1n) is 5.78. The van der Waals surface area contributed by atoms with Gasteiger partial charge in [-0.2, -0.15) is 10.2 Å². The fraction of sp³-hybridized carbons (Fsp3) is 0.417. The van der Waals surface area contributed by atoms with E-state index < -0.39 is 5.41 Å². The minimum absolute atomic E-state index is 0.0508. The van der Waals surface area contributed by atoms with E-state index in [0.717, 1.165) is 0 Å². The second-order valence-corrected chi connectivity index (χ2v) is 5.51. The van der Waals surface area contributed by atoms with Gasteiger partial charge in [0.15, 0.2) is 17.5 Å². The lowest BCUT2D eigenvalue weighted by molar-refractivity contribution is -0.156. The molecule has 0 atom stereocenters. The predicted octanol–water partition coefficient (Wildman–Crippen LogP) is 1.90. The van der Waals surface area contributed by atoms with Gasteiger partial charge in [0.2, 0.25) is 5.82 Å². The van der Waals surface area contributed by atoms with Crippen LogP contribution >= 0.6 is 11.6 Å². The molecule has 0 aliphatic rings. The normalized spacial score (nSPS) is 11.3. The van der Waals surface area contributed by atoms with Gasteiger partial charge >= 0.3 is 5.97 Å². The number of hydrogen-bond acceptors (Lipinski definition) is 6. The Morgan fingerprint density at radius 3 is 2.80 bits per heavy atom. The van der Waals surface area contributed by atoms with Gasteiger partial charge < -0.3 is 4.74 Å². The Balaban J connectivity index is 2.30. The monoisotopic (exact) mass is 293 g/mol. The Morgan fingerprint density at radius 2 is 2.20 bits per heavy atom. The Morgan fingerprint density at radius 1 is 1.50 bits per heavy atom. The van der Waals surface area contributed by atoms with Crippen molar-refractivity contribution in [1.29, 1.82) is 5.26 Å². The molecule has 0 fully saturated rings. The summed E-state index contributed by atoms with van der Waals surface area (Å²) in [6.07, 6.45) is 1.43. The number of halogens is 1. The molecule has 0 aromatic carbocycles. The maximum atomic E-state index is 11.7. The van der Waals surface area contributed by atoms with E-state index in [-0.39, 0.29) is 23.7 Å². The van der Waals surface area contributed by atoms with Crippen LogP contribution in [0.25, 0.3) is 11.2 Å². The Hall–Kier alpha value is -2.20. The van der Waals surface area contributed by atoms with Crippen LogP contribution in [0.2, 0.25) is 5.15 Å². The van der Waals surface area contributed by atoms with Gasteiger partial charge in [0.05, 0.1) is 11.7 Å². The van der Waals surface area contributed by atoms with Gasteiger partial charge in [-0.05, 0) is 20.8 Å². The van der Waals surface area contributed by atoms with E-state index in [2.05, 4.69) is 15.0 Å². The quantitative estimate of drug-likeness (QED) is 0.620. The molecule has 7 nitrogen and oxygen atoms in total. The molecule has 0 saturated carbocycles. The van der Waals surface area contributed by atoms with Crippen molar-refractivity contribution in [2.45, 2.75) is 27.5 Å². The molecule has 2 heterocycles. The molecule has 0 aliphatic carbocycles. The van der Waals surface area contributed by atoms with Gasteiger partial charge in [-0.3, -0.25) is 9.36 Å². The van der Waals surface area contributed by atoms with Crippen molar-refractivity contribution >= 4 is 28.7 Å². The molecule has 0 unspecified atom stereocenters. The van der Waals surface area contributed by atoms with Crippen LogP contribution in [0, 0.1) is 16.7 Å². The van der Waals surface area contributed by atoms with Gasteiger partial charge in [-0.15, -0.1) is 0 Å². The fourth-order valence-corrected chi connectivity index (χ4v) is 1.61. The zero-order chi connectivity index (χ0) is 14.9. The summed E-state index contributed by atoms with van der Waals surface area (Å²) < 4.78 is 6.66. The van der Waals surface area contributed by atoms with Crippen molar-refractivity contribution in [1.82, 2.24) is 19.5 Å². The lowest BCUT2D eigenvalue weighted by Gasteiger charge is -2.16. The number of esters is 1. The number of ether oxygens (including phenoxy) is 1. The highest BCUT2D eigenvalue weighted by atomic mass is 35.5. The molecule has 0 amide bonds. The van der Waals surface area contributed by atoms with Crippen molar-refractivity contribution < 1.29 is 9.53 Å². The maximum Gasteiger partial charge on any atom is 0.312 e. The average molecular weight is 294 g/mol. The third-order valence-corrected chi connectivity index (χ3v) is 2.73. The maximum absolute atomic E-state index is 11.7. The molecular formula is C12H12ClN5O2. The lowest BCUT2D eigenvalue weighted by atomic mass is 9.98. The minimum Gasteiger partial charge on any atom is -0.443 e. The smallest absolute Gasteiger partial charge is 0.312 e. The number of hydrogen-bond donors (Lipinski definition) is 0. The summed E-state index contributed by atoms with van der Waals surface area (Å²) in [6.45, 7) is 5.22. The molecule has 104 valence electrons. The molecule has 8 heteroatoms. The van der Waals surface area contributed by atoms with E-state index >= 15 is 0 Å². The summed E-state index contributed by atoms with van der Waals surface area (Å²) in [5.41, 5.74) is 0.113. The van der Waals surface area contributed by atoms with Gasteiger partial charge in [0, 0.05) is 0 Å². The molecule has 2 aromatic heterocycles. The second kappa shape index (κ2) is 5.06. The molecule has 0 spiro atoms. The van der Waals surface area contributed by atoms with E-state index in [1.807, 2.05) is 6.07 Å². The fourth-order valence-electron chi connectivity index (χ4n) is 1.40. The number of imidazole rings is 1. The summed E-state index contributed by atoms with van der Waals surface area (Å²) >= 11 is 5.90. The molecule has 0 aliphatic heterocycles. The number of nitriles is 1. The van der Waals surface area contributed by atoms with Crippen LogP contribution < -0.4 is 0 Å². The van der Waals surface area contributed by atoms with Gasteiger partial charge in [0.1, 0.15) is 11.6 Å². The summed E-state index contributed by atoms with van der Waals surface area (Å²) in [5, 5.41) is 8.92. The molecule has 0 bridgehead atoms. The SMILES string of the molecule is CC(C)(C)C(=O)OCn1cnc2c(Cl)nc(C#N)nc21. The van der Waals surface area contributed by atoms with Crippen LogP contribution in [-0.2, 0) is 16.3 Å². The molecule has 2 rings (SSSR count). The number of nitrogens with zero attached hydrogens (tertiary/aromatic N) is 5. The number of rotatable bonds is 2. The number of fused-ring (bicyclic) bond motifs is 1. The molecule has 0 N–H and O–H groups in total. The van der Waals surface area contributed by atoms with Crippen LogP contribution in [0.5, 0.6) is 0 Å². The predicted molar refractivity (Wildman–Crippen MR) is 70.6 cm³/mol. The first-order chi connectivity index (χ1) is 9.32. The first-order valence-corrected chi connectivity index (χ1v) is 6.16. The highest BCUT2D eigenvalue weighted by molar-refractivity contribution is 6.33. The number of carbonyl (C=O) groups excluding carboxylic acids is 1. The Labute approximate surface area is 120 Å². The van der Waals surface area contributed by atoms with Crippen LogP contribution in [0.1, 0.15) is 26.6 Å². The van der Waals surface area contributed by atoms with E-state index in [1.54, 1.807) is 20.8 Å². The van der Waals surface area contributed by atoms with E-state index in [9.17, 15) is 4.79 Å². The average Bonchev–Trinajstić information content (AvgIpc) is 2.78. The number of carbonyl (C=O) groups is 1. The first kappa shape index (κ1) is 14.2. The van der Waals surface area contributed by atoms with E-state index in [0.29, 0.717) is 11.2 Å². The largest absolute Gasteiger partial charge is 0.443 e. The van der Waals surface area contributed by atoms with Crippen LogP contribution in [0.3, 0.4) is 0 Å². The molecule has 0 radical (unpaired) electrons. The third kappa shape index (κ3) is 2.70. The molecule has 2 aromatic rings. The lowest BCUT2D eigenvalue weighted by Crippen LogP contribution is -2.24. The summed E-state index contributed by atoms with van der Waals surface area (Å²) in [4.78, 5) is 23.5. The Kier molecular flexibility index (Phi) is 3.59. The van der Waals surface area contributed by atoms with Crippen LogP contribution in [-0.4, -0.2) is 25.5 Å². The van der Waals surface area contributed by atoms with Crippen molar-refractivity contribution in [3.05, 3.63) is 17.3 Å².